The standard InChI is InChI=1S/C16H22N2/c1-11(2)4-8-15(17)13-7-9-16-14(10-13)6-5-12(3)18-16/h5-7,9-11,15H,4,8,17H2,1-3H3. The van der Waals surface area contributed by atoms with E-state index in [9.17, 15) is 0 Å². The molecule has 2 heteroatoms. The van der Waals surface area contributed by atoms with E-state index >= 15 is 0 Å². The van der Waals surface area contributed by atoms with Gasteiger partial charge in [0.15, 0.2) is 0 Å². The van der Waals surface area contributed by atoms with E-state index in [0.717, 1.165) is 17.6 Å². The summed E-state index contributed by atoms with van der Waals surface area (Å²) < 4.78 is 0. The average Bonchev–Trinajstić information content (AvgIpc) is 2.35. The first-order valence-electron chi connectivity index (χ1n) is 6.69. The summed E-state index contributed by atoms with van der Waals surface area (Å²) in [6.07, 6.45) is 2.22. The van der Waals surface area contributed by atoms with E-state index in [1.54, 1.807) is 0 Å². The molecule has 0 saturated heterocycles. The molecule has 0 aliphatic rings. The average molecular weight is 242 g/mol. The molecule has 0 radical (unpaired) electrons. The van der Waals surface area contributed by atoms with Crippen molar-refractivity contribution in [1.82, 2.24) is 4.98 Å². The number of fused-ring (bicyclic) bond motifs is 1. The van der Waals surface area contributed by atoms with Crippen molar-refractivity contribution in [2.45, 2.75) is 39.7 Å². The Balaban J connectivity index is 2.21. The van der Waals surface area contributed by atoms with E-state index in [1.165, 1.54) is 17.4 Å². The molecule has 1 atom stereocenters. The van der Waals surface area contributed by atoms with Gasteiger partial charge in [-0.15, -0.1) is 0 Å². The number of hydrogen-bond donors (Lipinski definition) is 1. The minimum atomic E-state index is 0.137. The molecule has 0 aliphatic carbocycles. The smallest absolute Gasteiger partial charge is 0.0705 e. The van der Waals surface area contributed by atoms with Crippen molar-refractivity contribution >= 4 is 10.9 Å². The van der Waals surface area contributed by atoms with Crippen molar-refractivity contribution in [3.8, 4) is 0 Å². The molecule has 2 nitrogen and oxygen atoms in total. The van der Waals surface area contributed by atoms with Crippen LogP contribution in [0.3, 0.4) is 0 Å². The Morgan fingerprint density at radius 3 is 2.61 bits per heavy atom. The van der Waals surface area contributed by atoms with Crippen LogP contribution in [0.25, 0.3) is 10.9 Å². The van der Waals surface area contributed by atoms with Gasteiger partial charge in [0.25, 0.3) is 0 Å². The second-order valence-corrected chi connectivity index (χ2v) is 5.48. The van der Waals surface area contributed by atoms with E-state index in [1.807, 2.05) is 13.0 Å². The van der Waals surface area contributed by atoms with Crippen molar-refractivity contribution in [3.63, 3.8) is 0 Å². The zero-order valence-corrected chi connectivity index (χ0v) is 11.5. The van der Waals surface area contributed by atoms with Crippen LogP contribution in [-0.4, -0.2) is 4.98 Å². The summed E-state index contributed by atoms with van der Waals surface area (Å²) >= 11 is 0. The summed E-state index contributed by atoms with van der Waals surface area (Å²) in [6, 6.07) is 10.7. The fourth-order valence-electron chi connectivity index (χ4n) is 2.16. The third-order valence-electron chi connectivity index (χ3n) is 3.34. The van der Waals surface area contributed by atoms with Gasteiger partial charge in [-0.2, -0.15) is 0 Å². The third-order valence-corrected chi connectivity index (χ3v) is 3.34. The van der Waals surface area contributed by atoms with Crippen LogP contribution >= 0.6 is 0 Å². The van der Waals surface area contributed by atoms with Gasteiger partial charge in [0.2, 0.25) is 0 Å². The highest BCUT2D eigenvalue weighted by Crippen LogP contribution is 2.22. The van der Waals surface area contributed by atoms with Crippen molar-refractivity contribution in [1.29, 1.82) is 0 Å². The Bertz CT molecular complexity index is 532. The van der Waals surface area contributed by atoms with Crippen LogP contribution in [0.15, 0.2) is 30.3 Å². The number of nitrogens with two attached hydrogens (primary N) is 1. The summed E-state index contributed by atoms with van der Waals surface area (Å²) in [5, 5.41) is 1.18. The van der Waals surface area contributed by atoms with E-state index in [0.29, 0.717) is 5.92 Å². The Kier molecular flexibility index (Phi) is 3.97. The summed E-state index contributed by atoms with van der Waals surface area (Å²) in [7, 11) is 0. The van der Waals surface area contributed by atoms with Crippen molar-refractivity contribution in [2.75, 3.05) is 0 Å². The van der Waals surface area contributed by atoms with Gasteiger partial charge in [-0.1, -0.05) is 26.0 Å². The van der Waals surface area contributed by atoms with Crippen molar-refractivity contribution < 1.29 is 0 Å². The minimum absolute atomic E-state index is 0.137. The highest BCUT2D eigenvalue weighted by Gasteiger charge is 2.08. The molecular formula is C16H22N2. The van der Waals surface area contributed by atoms with Crippen molar-refractivity contribution in [2.24, 2.45) is 11.7 Å². The molecule has 2 N–H and O–H groups in total. The molecule has 0 saturated carbocycles. The molecule has 1 heterocycles. The second-order valence-electron chi connectivity index (χ2n) is 5.48. The molecule has 0 aliphatic heterocycles. The van der Waals surface area contributed by atoms with Crippen LogP contribution in [0.4, 0.5) is 0 Å². The molecule has 0 bridgehead atoms. The highest BCUT2D eigenvalue weighted by molar-refractivity contribution is 5.79. The molecule has 1 aromatic heterocycles. The third kappa shape index (κ3) is 3.08. The normalized spacial score (nSPS) is 13.2. The Morgan fingerprint density at radius 2 is 1.89 bits per heavy atom. The number of pyridine rings is 1. The summed E-state index contributed by atoms with van der Waals surface area (Å²) in [5.74, 6) is 0.709. The van der Waals surface area contributed by atoms with Crippen LogP contribution in [0.1, 0.15) is 44.0 Å². The maximum absolute atomic E-state index is 6.24. The number of aryl methyl sites for hydroxylation is 1. The van der Waals surface area contributed by atoms with Crippen LogP contribution in [0, 0.1) is 12.8 Å². The fourth-order valence-corrected chi connectivity index (χ4v) is 2.16. The predicted octanol–water partition coefficient (Wildman–Crippen LogP) is 3.98. The lowest BCUT2D eigenvalue weighted by atomic mass is 9.97. The molecule has 2 aromatic rings. The number of hydrogen-bond acceptors (Lipinski definition) is 2. The molecule has 0 amide bonds. The maximum atomic E-state index is 6.24. The summed E-state index contributed by atoms with van der Waals surface area (Å²) in [5.41, 5.74) is 9.57. The number of benzene rings is 1. The first-order valence-corrected chi connectivity index (χ1v) is 6.69. The molecule has 0 spiro atoms. The van der Waals surface area contributed by atoms with Gasteiger partial charge in [0, 0.05) is 17.1 Å². The maximum Gasteiger partial charge on any atom is 0.0705 e. The van der Waals surface area contributed by atoms with Gasteiger partial charge in [0.05, 0.1) is 5.52 Å². The predicted molar refractivity (Wildman–Crippen MR) is 77.5 cm³/mol. The fraction of sp³-hybridized carbons (Fsp3) is 0.438. The first-order chi connectivity index (χ1) is 8.56. The van der Waals surface area contributed by atoms with E-state index in [2.05, 4.69) is 43.1 Å². The quantitative estimate of drug-likeness (QED) is 0.880. The van der Waals surface area contributed by atoms with Crippen LogP contribution in [0.2, 0.25) is 0 Å². The van der Waals surface area contributed by atoms with Gasteiger partial charge in [-0.3, -0.25) is 4.98 Å². The van der Waals surface area contributed by atoms with Gasteiger partial charge >= 0.3 is 0 Å². The summed E-state index contributed by atoms with van der Waals surface area (Å²) in [4.78, 5) is 4.51. The zero-order chi connectivity index (χ0) is 13.1. The van der Waals surface area contributed by atoms with E-state index in [4.69, 9.17) is 5.73 Å². The zero-order valence-electron chi connectivity index (χ0n) is 11.5. The van der Waals surface area contributed by atoms with Crippen LogP contribution in [-0.2, 0) is 0 Å². The van der Waals surface area contributed by atoms with Gasteiger partial charge in [-0.05, 0) is 49.4 Å². The Hall–Kier alpha value is -1.41. The van der Waals surface area contributed by atoms with E-state index < -0.39 is 0 Å². The van der Waals surface area contributed by atoms with Crippen molar-refractivity contribution in [3.05, 3.63) is 41.6 Å². The first kappa shape index (κ1) is 13.0. The lowest BCUT2D eigenvalue weighted by molar-refractivity contribution is 0.507. The molecule has 18 heavy (non-hydrogen) atoms. The molecule has 1 unspecified atom stereocenters. The molecule has 1 aromatic carbocycles. The summed E-state index contributed by atoms with van der Waals surface area (Å²) in [6.45, 7) is 6.49. The SMILES string of the molecule is Cc1ccc2cc(C(N)CCC(C)C)ccc2n1. The monoisotopic (exact) mass is 242 g/mol. The van der Waals surface area contributed by atoms with Gasteiger partial charge in [0.1, 0.15) is 0 Å². The number of aromatic nitrogens is 1. The van der Waals surface area contributed by atoms with Crippen LogP contribution < -0.4 is 5.73 Å². The van der Waals surface area contributed by atoms with E-state index in [-0.39, 0.29) is 6.04 Å². The Labute approximate surface area is 109 Å². The number of rotatable bonds is 4. The number of nitrogens with zero attached hydrogens (tertiary/aromatic N) is 1. The molecule has 0 fully saturated rings. The highest BCUT2D eigenvalue weighted by atomic mass is 14.7. The topological polar surface area (TPSA) is 38.9 Å². The lowest BCUT2D eigenvalue weighted by Crippen LogP contribution is -2.11. The minimum Gasteiger partial charge on any atom is -0.324 e. The Morgan fingerprint density at radius 1 is 1.11 bits per heavy atom. The molecule has 2 rings (SSSR count). The van der Waals surface area contributed by atoms with Crippen LogP contribution in [0.5, 0.6) is 0 Å². The lowest BCUT2D eigenvalue weighted by Gasteiger charge is -2.14. The largest absolute Gasteiger partial charge is 0.324 e. The second kappa shape index (κ2) is 5.49. The molecule has 96 valence electrons. The molecular weight excluding hydrogens is 220 g/mol. The van der Waals surface area contributed by atoms with Gasteiger partial charge in [-0.25, -0.2) is 0 Å². The van der Waals surface area contributed by atoms with Gasteiger partial charge < -0.3 is 5.73 Å².